The normalized spacial score (nSPS) is 13.7. The van der Waals surface area contributed by atoms with Gasteiger partial charge in [0.25, 0.3) is 0 Å². The van der Waals surface area contributed by atoms with Crippen LogP contribution < -0.4 is 0 Å². The lowest BCUT2D eigenvalue weighted by Crippen LogP contribution is -2.14. The molecule has 0 aliphatic carbocycles. The van der Waals surface area contributed by atoms with Gasteiger partial charge in [-0.15, -0.1) is 0 Å². The van der Waals surface area contributed by atoms with Crippen LogP contribution >= 0.6 is 0 Å². The molecule has 1 unspecified atom stereocenters. The van der Waals surface area contributed by atoms with Crippen molar-refractivity contribution in [2.75, 3.05) is 6.61 Å². The Bertz CT molecular complexity index is 209. The second-order valence-electron chi connectivity index (χ2n) is 3.54. The molecule has 0 bridgehead atoms. The van der Waals surface area contributed by atoms with Crippen molar-refractivity contribution in [1.29, 1.82) is 0 Å². The molecule has 0 aromatic carbocycles. The minimum atomic E-state index is -0.736. The first-order valence-corrected chi connectivity index (χ1v) is 5.70. The van der Waals surface area contributed by atoms with Gasteiger partial charge in [0, 0.05) is 6.42 Å². The Morgan fingerprint density at radius 1 is 1.40 bits per heavy atom. The van der Waals surface area contributed by atoms with E-state index >= 15 is 0 Å². The quantitative estimate of drug-likeness (QED) is 0.631. The summed E-state index contributed by atoms with van der Waals surface area (Å²) in [4.78, 5) is 10.9. The highest BCUT2D eigenvalue weighted by Gasteiger charge is 2.17. The van der Waals surface area contributed by atoms with Crippen LogP contribution in [0.3, 0.4) is 0 Å². The number of carboxylic acid groups (broad SMARTS) is 1. The van der Waals surface area contributed by atoms with Gasteiger partial charge in [-0.1, -0.05) is 20.3 Å². The fraction of sp³-hybridized carbons (Fsp3) is 0.750. The highest BCUT2D eigenvalue weighted by atomic mass is 16.5. The van der Waals surface area contributed by atoms with Crippen molar-refractivity contribution in [3.8, 4) is 0 Å². The van der Waals surface area contributed by atoms with Gasteiger partial charge in [0.1, 0.15) is 0 Å². The van der Waals surface area contributed by atoms with E-state index in [4.69, 9.17) is 9.84 Å². The molecule has 1 atom stereocenters. The molecule has 1 N–H and O–H groups in total. The van der Waals surface area contributed by atoms with E-state index in [0.29, 0.717) is 19.4 Å². The average Bonchev–Trinajstić information content (AvgIpc) is 2.21. The molecular formula is C12H22O3. The molecule has 0 saturated heterocycles. The summed E-state index contributed by atoms with van der Waals surface area (Å²) in [6.07, 6.45) is 5.17. The first-order chi connectivity index (χ1) is 7.15. The lowest BCUT2D eigenvalue weighted by atomic mass is 10.0. The summed E-state index contributed by atoms with van der Waals surface area (Å²) in [6.45, 7) is 6.50. The van der Waals surface area contributed by atoms with Gasteiger partial charge in [-0.3, -0.25) is 4.79 Å². The molecule has 0 radical (unpaired) electrons. The van der Waals surface area contributed by atoms with Crippen LogP contribution in [-0.2, 0) is 9.53 Å². The third-order valence-corrected chi connectivity index (χ3v) is 2.28. The molecule has 0 saturated carbocycles. The lowest BCUT2D eigenvalue weighted by Gasteiger charge is -2.13. The van der Waals surface area contributed by atoms with Crippen molar-refractivity contribution < 1.29 is 14.6 Å². The van der Waals surface area contributed by atoms with Gasteiger partial charge in [-0.25, -0.2) is 0 Å². The summed E-state index contributed by atoms with van der Waals surface area (Å²) >= 11 is 0. The molecule has 0 rings (SSSR count). The van der Waals surface area contributed by atoms with E-state index in [1.165, 1.54) is 0 Å². The molecule has 0 heterocycles. The maximum absolute atomic E-state index is 10.9. The standard InChI is InChI=1S/C12H22O3/c1-4-7-8-11(15-6-3)9-10(5-2)12(13)14/h8,10H,4-7,9H2,1-3H3,(H,13,14). The van der Waals surface area contributed by atoms with E-state index in [0.717, 1.165) is 18.6 Å². The highest BCUT2D eigenvalue weighted by Crippen LogP contribution is 2.17. The number of ether oxygens (including phenoxy) is 1. The first-order valence-electron chi connectivity index (χ1n) is 5.70. The molecule has 0 fully saturated rings. The summed E-state index contributed by atoms with van der Waals surface area (Å²) in [6, 6.07) is 0. The number of aliphatic carboxylic acids is 1. The van der Waals surface area contributed by atoms with Crippen LogP contribution in [0.15, 0.2) is 11.8 Å². The minimum Gasteiger partial charge on any atom is -0.499 e. The molecule has 0 spiro atoms. The second kappa shape index (κ2) is 8.33. The number of allylic oxidation sites excluding steroid dienone is 2. The summed E-state index contributed by atoms with van der Waals surface area (Å²) < 4.78 is 5.42. The number of rotatable bonds is 8. The van der Waals surface area contributed by atoms with E-state index in [1.807, 2.05) is 19.9 Å². The summed E-state index contributed by atoms with van der Waals surface area (Å²) in [5.74, 6) is -0.229. The fourth-order valence-electron chi connectivity index (χ4n) is 1.34. The third kappa shape index (κ3) is 6.15. The molecular weight excluding hydrogens is 192 g/mol. The van der Waals surface area contributed by atoms with E-state index in [1.54, 1.807) is 0 Å². The van der Waals surface area contributed by atoms with Crippen LogP contribution in [0.2, 0.25) is 0 Å². The monoisotopic (exact) mass is 214 g/mol. The lowest BCUT2D eigenvalue weighted by molar-refractivity contribution is -0.142. The molecule has 0 aromatic rings. The zero-order valence-electron chi connectivity index (χ0n) is 9.95. The molecule has 0 amide bonds. The van der Waals surface area contributed by atoms with Crippen molar-refractivity contribution in [2.24, 2.45) is 5.92 Å². The largest absolute Gasteiger partial charge is 0.499 e. The highest BCUT2D eigenvalue weighted by molar-refractivity contribution is 5.70. The Morgan fingerprint density at radius 2 is 2.07 bits per heavy atom. The maximum atomic E-state index is 10.9. The number of unbranched alkanes of at least 4 members (excludes halogenated alkanes) is 1. The third-order valence-electron chi connectivity index (χ3n) is 2.28. The van der Waals surface area contributed by atoms with Gasteiger partial charge in [0.05, 0.1) is 18.3 Å². The minimum absolute atomic E-state index is 0.320. The van der Waals surface area contributed by atoms with Gasteiger partial charge in [-0.05, 0) is 25.8 Å². The summed E-state index contributed by atoms with van der Waals surface area (Å²) in [5, 5.41) is 8.93. The molecule has 0 aromatic heterocycles. The molecule has 3 nitrogen and oxygen atoms in total. The van der Waals surface area contributed by atoms with Crippen molar-refractivity contribution in [2.45, 2.75) is 46.5 Å². The Kier molecular flexibility index (Phi) is 7.78. The van der Waals surface area contributed by atoms with Crippen molar-refractivity contribution in [3.63, 3.8) is 0 Å². The number of carboxylic acids is 1. The van der Waals surface area contributed by atoms with Gasteiger partial charge >= 0.3 is 5.97 Å². The molecule has 15 heavy (non-hydrogen) atoms. The van der Waals surface area contributed by atoms with Crippen LogP contribution in [-0.4, -0.2) is 17.7 Å². The Hall–Kier alpha value is -0.990. The Balaban J connectivity index is 4.30. The molecule has 3 heteroatoms. The van der Waals surface area contributed by atoms with Crippen molar-refractivity contribution in [3.05, 3.63) is 11.8 Å². The van der Waals surface area contributed by atoms with Crippen molar-refractivity contribution in [1.82, 2.24) is 0 Å². The number of carbonyl (C=O) groups is 1. The predicted molar refractivity (Wildman–Crippen MR) is 60.7 cm³/mol. The van der Waals surface area contributed by atoms with Gasteiger partial charge in [0.15, 0.2) is 0 Å². The van der Waals surface area contributed by atoms with E-state index < -0.39 is 5.97 Å². The van der Waals surface area contributed by atoms with Gasteiger partial charge in [-0.2, -0.15) is 0 Å². The molecule has 88 valence electrons. The summed E-state index contributed by atoms with van der Waals surface area (Å²) in [5.41, 5.74) is 0. The first kappa shape index (κ1) is 14.0. The predicted octanol–water partition coefficient (Wildman–Crippen LogP) is 3.21. The van der Waals surface area contributed by atoms with E-state index in [-0.39, 0.29) is 5.92 Å². The van der Waals surface area contributed by atoms with Crippen LogP contribution in [0, 0.1) is 5.92 Å². The topological polar surface area (TPSA) is 46.5 Å². The smallest absolute Gasteiger partial charge is 0.306 e. The fourth-order valence-corrected chi connectivity index (χ4v) is 1.34. The van der Waals surface area contributed by atoms with Gasteiger partial charge in [0.2, 0.25) is 0 Å². The summed E-state index contributed by atoms with van der Waals surface area (Å²) in [7, 11) is 0. The maximum Gasteiger partial charge on any atom is 0.306 e. The zero-order valence-corrected chi connectivity index (χ0v) is 9.95. The van der Waals surface area contributed by atoms with Crippen LogP contribution in [0.25, 0.3) is 0 Å². The van der Waals surface area contributed by atoms with Crippen LogP contribution in [0.1, 0.15) is 46.5 Å². The number of hydrogen-bond donors (Lipinski definition) is 1. The molecule has 0 aliphatic heterocycles. The average molecular weight is 214 g/mol. The molecule has 0 aliphatic rings. The van der Waals surface area contributed by atoms with Crippen molar-refractivity contribution >= 4 is 5.97 Å². The zero-order chi connectivity index (χ0) is 11.7. The number of hydrogen-bond acceptors (Lipinski definition) is 2. The Labute approximate surface area is 92.1 Å². The van der Waals surface area contributed by atoms with Crippen LogP contribution in [0.4, 0.5) is 0 Å². The van der Waals surface area contributed by atoms with E-state index in [2.05, 4.69) is 6.92 Å². The Morgan fingerprint density at radius 3 is 2.47 bits per heavy atom. The van der Waals surface area contributed by atoms with Gasteiger partial charge < -0.3 is 9.84 Å². The second-order valence-corrected chi connectivity index (χ2v) is 3.54. The van der Waals surface area contributed by atoms with E-state index in [9.17, 15) is 4.79 Å². The van der Waals surface area contributed by atoms with Crippen LogP contribution in [0.5, 0.6) is 0 Å². The SMILES string of the molecule is CCCC=C(CC(CC)C(=O)O)OCC.